The minimum absolute atomic E-state index is 0.0401. The number of ether oxygens (including phenoxy) is 2. The van der Waals surface area contributed by atoms with E-state index in [0.29, 0.717) is 5.56 Å². The van der Waals surface area contributed by atoms with E-state index in [-0.39, 0.29) is 29.2 Å². The van der Waals surface area contributed by atoms with Gasteiger partial charge in [0.05, 0.1) is 12.2 Å². The van der Waals surface area contributed by atoms with E-state index in [1.807, 2.05) is 0 Å². The van der Waals surface area contributed by atoms with Crippen LogP contribution in [0.2, 0.25) is 0 Å². The summed E-state index contributed by atoms with van der Waals surface area (Å²) in [7, 11) is 0. The van der Waals surface area contributed by atoms with Crippen molar-refractivity contribution in [2.75, 3.05) is 6.61 Å². The Balaban J connectivity index is 1.81. The molecule has 1 aliphatic rings. The Bertz CT molecular complexity index is 898. The van der Waals surface area contributed by atoms with Crippen molar-refractivity contribution in [1.82, 2.24) is 0 Å². The first-order chi connectivity index (χ1) is 14.7. The average Bonchev–Trinajstić information content (AvgIpc) is 2.75. The molecule has 7 N–H and O–H groups in total. The summed E-state index contributed by atoms with van der Waals surface area (Å²) < 4.78 is 10.8. The Morgan fingerprint density at radius 1 is 0.968 bits per heavy atom. The first-order valence-electron chi connectivity index (χ1n) is 9.51. The number of benzene rings is 2. The van der Waals surface area contributed by atoms with E-state index in [1.165, 1.54) is 24.3 Å². The summed E-state index contributed by atoms with van der Waals surface area (Å²) in [6.07, 6.45) is -9.32. The Labute approximate surface area is 177 Å². The molecule has 0 radical (unpaired) electrons. The SMILES string of the molecule is O=C(c1ccc(O)cc1O[C@@H]1O[C@H](CO)[C@@H](O)[C@H](O)[C@H]1O)[C@H](O)Cc1ccc(O)cc1. The van der Waals surface area contributed by atoms with Crippen LogP contribution in [0.25, 0.3) is 0 Å². The maximum atomic E-state index is 12.8. The van der Waals surface area contributed by atoms with Crippen molar-refractivity contribution < 1.29 is 50.0 Å². The van der Waals surface area contributed by atoms with E-state index in [0.717, 1.165) is 6.07 Å². The van der Waals surface area contributed by atoms with Crippen molar-refractivity contribution in [2.24, 2.45) is 0 Å². The summed E-state index contributed by atoms with van der Waals surface area (Å²) in [5, 5.41) is 68.7. The molecule has 0 aliphatic carbocycles. The Hall–Kier alpha value is -2.73. The predicted molar refractivity (Wildman–Crippen MR) is 105 cm³/mol. The number of Topliss-reactive ketones (excluding diaryl/α,β-unsaturated/α-hetero) is 1. The van der Waals surface area contributed by atoms with Crippen molar-refractivity contribution in [3.8, 4) is 17.2 Å². The summed E-state index contributed by atoms with van der Waals surface area (Å²) in [5.41, 5.74) is 0.467. The number of carbonyl (C=O) groups excluding carboxylic acids is 1. The van der Waals surface area contributed by atoms with Gasteiger partial charge in [0.2, 0.25) is 6.29 Å². The highest BCUT2D eigenvalue weighted by Crippen LogP contribution is 2.30. The molecule has 2 aromatic rings. The molecule has 3 rings (SSSR count). The molecule has 6 atom stereocenters. The van der Waals surface area contributed by atoms with E-state index in [4.69, 9.17) is 9.47 Å². The second-order valence-corrected chi connectivity index (χ2v) is 7.25. The van der Waals surface area contributed by atoms with E-state index >= 15 is 0 Å². The molecule has 1 saturated heterocycles. The number of hydrogen-bond donors (Lipinski definition) is 7. The molecule has 10 nitrogen and oxygen atoms in total. The fraction of sp³-hybridized carbons (Fsp3) is 0.381. The largest absolute Gasteiger partial charge is 0.508 e. The van der Waals surface area contributed by atoms with Gasteiger partial charge in [-0.25, -0.2) is 0 Å². The van der Waals surface area contributed by atoms with Crippen LogP contribution in [0.4, 0.5) is 0 Å². The molecular formula is C21H24O10. The van der Waals surface area contributed by atoms with Crippen molar-refractivity contribution in [1.29, 1.82) is 0 Å². The van der Waals surface area contributed by atoms with Crippen LogP contribution >= 0.6 is 0 Å². The van der Waals surface area contributed by atoms with Crippen LogP contribution in [0.15, 0.2) is 42.5 Å². The van der Waals surface area contributed by atoms with Gasteiger partial charge in [-0.15, -0.1) is 0 Å². The second-order valence-electron chi connectivity index (χ2n) is 7.25. The van der Waals surface area contributed by atoms with Gasteiger partial charge in [-0.2, -0.15) is 0 Å². The first kappa shape index (κ1) is 22.9. The summed E-state index contributed by atoms with van der Waals surface area (Å²) in [4.78, 5) is 12.8. The van der Waals surface area contributed by atoms with Gasteiger partial charge in [0.25, 0.3) is 0 Å². The maximum absolute atomic E-state index is 12.8. The van der Waals surface area contributed by atoms with Crippen LogP contribution in [0.1, 0.15) is 15.9 Å². The lowest BCUT2D eigenvalue weighted by atomic mass is 9.98. The minimum Gasteiger partial charge on any atom is -0.508 e. The molecule has 1 heterocycles. The van der Waals surface area contributed by atoms with E-state index in [1.54, 1.807) is 12.1 Å². The lowest BCUT2D eigenvalue weighted by Crippen LogP contribution is -2.60. The van der Waals surface area contributed by atoms with Crippen molar-refractivity contribution >= 4 is 5.78 Å². The molecule has 31 heavy (non-hydrogen) atoms. The predicted octanol–water partition coefficient (Wildman–Crippen LogP) is -0.937. The van der Waals surface area contributed by atoms with Gasteiger partial charge in [0.15, 0.2) is 5.78 Å². The number of aromatic hydroxyl groups is 2. The number of carbonyl (C=O) groups is 1. The van der Waals surface area contributed by atoms with Crippen LogP contribution in [-0.4, -0.2) is 84.9 Å². The average molecular weight is 436 g/mol. The van der Waals surface area contributed by atoms with Crippen LogP contribution in [0, 0.1) is 0 Å². The van der Waals surface area contributed by atoms with Gasteiger partial charge in [0, 0.05) is 12.5 Å². The maximum Gasteiger partial charge on any atom is 0.229 e. The van der Waals surface area contributed by atoms with E-state index < -0.39 is 49.2 Å². The number of rotatable bonds is 7. The van der Waals surface area contributed by atoms with Crippen molar-refractivity contribution in [3.63, 3.8) is 0 Å². The minimum atomic E-state index is -1.72. The van der Waals surface area contributed by atoms with E-state index in [2.05, 4.69) is 0 Å². The molecule has 2 aromatic carbocycles. The second kappa shape index (κ2) is 9.60. The normalized spacial score (nSPS) is 26.9. The molecule has 0 unspecified atom stereocenters. The van der Waals surface area contributed by atoms with Gasteiger partial charge in [-0.1, -0.05) is 12.1 Å². The number of ketones is 1. The summed E-state index contributed by atoms with van der Waals surface area (Å²) in [5.74, 6) is -1.21. The molecule has 10 heteroatoms. The zero-order valence-electron chi connectivity index (χ0n) is 16.3. The van der Waals surface area contributed by atoms with Crippen LogP contribution in [0.3, 0.4) is 0 Å². The summed E-state index contributed by atoms with van der Waals surface area (Å²) in [6.45, 7) is -0.665. The Morgan fingerprint density at radius 3 is 2.26 bits per heavy atom. The lowest BCUT2D eigenvalue weighted by molar-refractivity contribution is -0.277. The summed E-state index contributed by atoms with van der Waals surface area (Å²) >= 11 is 0. The molecule has 1 aliphatic heterocycles. The van der Waals surface area contributed by atoms with Gasteiger partial charge in [0.1, 0.15) is 47.8 Å². The van der Waals surface area contributed by atoms with Crippen LogP contribution < -0.4 is 4.74 Å². The third-order valence-corrected chi connectivity index (χ3v) is 4.99. The highest BCUT2D eigenvalue weighted by molar-refractivity contribution is 6.02. The quantitative estimate of drug-likeness (QED) is 0.268. The van der Waals surface area contributed by atoms with Crippen molar-refractivity contribution in [2.45, 2.75) is 43.2 Å². The first-order valence-corrected chi connectivity index (χ1v) is 9.51. The molecule has 0 amide bonds. The third-order valence-electron chi connectivity index (χ3n) is 4.99. The van der Waals surface area contributed by atoms with Gasteiger partial charge < -0.3 is 45.2 Å². The monoisotopic (exact) mass is 436 g/mol. The topological polar surface area (TPSA) is 177 Å². The number of aliphatic hydroxyl groups excluding tert-OH is 5. The fourth-order valence-corrected chi connectivity index (χ4v) is 3.23. The van der Waals surface area contributed by atoms with Gasteiger partial charge >= 0.3 is 0 Å². The van der Waals surface area contributed by atoms with E-state index in [9.17, 15) is 40.5 Å². The Kier molecular flexibility index (Phi) is 7.11. The molecule has 0 spiro atoms. The highest BCUT2D eigenvalue weighted by atomic mass is 16.7. The fourth-order valence-electron chi connectivity index (χ4n) is 3.23. The molecular weight excluding hydrogens is 412 g/mol. The molecule has 1 fully saturated rings. The molecule has 0 saturated carbocycles. The van der Waals surface area contributed by atoms with Gasteiger partial charge in [-0.3, -0.25) is 4.79 Å². The molecule has 168 valence electrons. The number of phenols is 2. The zero-order chi connectivity index (χ0) is 22.7. The van der Waals surface area contributed by atoms with Crippen LogP contribution in [0.5, 0.6) is 17.2 Å². The zero-order valence-corrected chi connectivity index (χ0v) is 16.3. The highest BCUT2D eigenvalue weighted by Gasteiger charge is 2.45. The standard InChI is InChI=1S/C21H24O10/c22-9-16-18(27)19(28)20(29)21(31-16)30-15-8-12(24)5-6-13(15)17(26)14(25)7-10-1-3-11(23)4-2-10/h1-6,8,14,16,18-25,27-29H,7,9H2/t14-,16-,18-,19+,20-,21-/m1/s1. The Morgan fingerprint density at radius 2 is 1.61 bits per heavy atom. The lowest BCUT2D eigenvalue weighted by Gasteiger charge is -2.39. The molecule has 0 aromatic heterocycles. The number of aliphatic hydroxyl groups is 5. The van der Waals surface area contributed by atoms with Crippen molar-refractivity contribution in [3.05, 3.63) is 53.6 Å². The number of hydrogen-bond acceptors (Lipinski definition) is 10. The third kappa shape index (κ3) is 5.13. The number of phenolic OH excluding ortho intramolecular Hbond substituents is 2. The smallest absolute Gasteiger partial charge is 0.229 e. The summed E-state index contributed by atoms with van der Waals surface area (Å²) in [6, 6.07) is 9.43. The van der Waals surface area contributed by atoms with Gasteiger partial charge in [-0.05, 0) is 29.8 Å². The van der Waals surface area contributed by atoms with Crippen LogP contribution in [-0.2, 0) is 11.2 Å². The molecule has 0 bridgehead atoms.